The first-order chi connectivity index (χ1) is 7.00. The van der Waals surface area contributed by atoms with Gasteiger partial charge in [0.25, 0.3) is 0 Å². The molecule has 3 heteroatoms. The summed E-state index contributed by atoms with van der Waals surface area (Å²) in [6, 6.07) is 1.87. The van der Waals surface area contributed by atoms with E-state index in [4.69, 9.17) is 0 Å². The van der Waals surface area contributed by atoms with Crippen LogP contribution in [0.2, 0.25) is 0 Å². The predicted octanol–water partition coefficient (Wildman–Crippen LogP) is 1.50. The van der Waals surface area contributed by atoms with Crippen LogP contribution in [0, 0.1) is 0 Å². The van der Waals surface area contributed by atoms with Gasteiger partial charge in [-0.1, -0.05) is 27.7 Å². The lowest BCUT2D eigenvalue weighted by atomic mass is 10.1. The summed E-state index contributed by atoms with van der Waals surface area (Å²) in [6.45, 7) is 10.8. The second-order valence-corrected chi connectivity index (χ2v) is 4.68. The van der Waals surface area contributed by atoms with Crippen LogP contribution >= 0.6 is 0 Å². The molecule has 0 spiro atoms. The van der Waals surface area contributed by atoms with Crippen LogP contribution in [-0.2, 0) is 0 Å². The lowest BCUT2D eigenvalue weighted by Crippen LogP contribution is -2.48. The van der Waals surface area contributed by atoms with Crippen LogP contribution in [0.1, 0.15) is 29.1 Å². The van der Waals surface area contributed by atoms with Crippen LogP contribution in [0.4, 0.5) is 0 Å². The maximum Gasteiger partial charge on any atom is 0.0382 e. The van der Waals surface area contributed by atoms with Crippen LogP contribution in [0.3, 0.4) is 0 Å². The fourth-order valence-electron chi connectivity index (χ4n) is 2.09. The minimum absolute atomic E-state index is 0. The summed E-state index contributed by atoms with van der Waals surface area (Å²) in [4.78, 5) is 4.72. The van der Waals surface area contributed by atoms with Gasteiger partial charge in [0.2, 0.25) is 0 Å². The maximum absolute atomic E-state index is 3.62. The molecule has 0 unspecified atom stereocenters. The van der Waals surface area contributed by atoms with Gasteiger partial charge in [0.05, 0.1) is 0 Å². The smallest absolute Gasteiger partial charge is 0.0382 e. The molecule has 94 valence electrons. The summed E-state index contributed by atoms with van der Waals surface area (Å²) < 4.78 is 0. The Morgan fingerprint density at radius 2 is 1.80 bits per heavy atom. The van der Waals surface area contributed by atoms with E-state index in [1.165, 1.54) is 13.1 Å². The first-order valence-electron chi connectivity index (χ1n) is 6.11. The van der Waals surface area contributed by atoms with Crippen molar-refractivity contribution in [3.8, 4) is 0 Å². The highest BCUT2D eigenvalue weighted by atomic mass is 15.3. The normalized spacial score (nSPS) is 27.0. The molecule has 0 saturated carbocycles. The Morgan fingerprint density at radius 3 is 2.20 bits per heavy atom. The largest absolute Gasteiger partial charge is 0.309 e. The Balaban J connectivity index is 0. The number of nitrogens with zero attached hydrogens (tertiary/aromatic N) is 2. The van der Waals surface area contributed by atoms with Gasteiger partial charge in [-0.3, -0.25) is 0 Å². The van der Waals surface area contributed by atoms with Gasteiger partial charge in [0.1, 0.15) is 0 Å². The second-order valence-electron chi connectivity index (χ2n) is 4.68. The third-order valence-electron chi connectivity index (χ3n) is 2.68. The molecule has 1 heterocycles. The van der Waals surface area contributed by atoms with E-state index in [2.05, 4.69) is 50.1 Å². The van der Waals surface area contributed by atoms with Crippen LogP contribution in [0.5, 0.6) is 0 Å². The Morgan fingerprint density at radius 1 is 1.27 bits per heavy atom. The fourth-order valence-corrected chi connectivity index (χ4v) is 2.09. The van der Waals surface area contributed by atoms with Gasteiger partial charge in [0, 0.05) is 32.6 Å². The van der Waals surface area contributed by atoms with E-state index < -0.39 is 0 Å². The number of hydrogen-bond acceptors (Lipinski definition) is 3. The summed E-state index contributed by atoms with van der Waals surface area (Å²) >= 11 is 0. The van der Waals surface area contributed by atoms with Crippen molar-refractivity contribution in [3.05, 3.63) is 0 Å². The van der Waals surface area contributed by atoms with Crippen LogP contribution in [0.25, 0.3) is 0 Å². The van der Waals surface area contributed by atoms with Crippen molar-refractivity contribution in [2.24, 2.45) is 0 Å². The molecule has 0 aromatic heterocycles. The third kappa shape index (κ3) is 4.96. The van der Waals surface area contributed by atoms with Gasteiger partial charge >= 0.3 is 0 Å². The summed E-state index contributed by atoms with van der Waals surface area (Å²) in [6.07, 6.45) is 0. The first-order valence-corrected chi connectivity index (χ1v) is 6.11. The fraction of sp³-hybridized carbons (Fsp3) is 1.00. The molecule has 3 nitrogen and oxygen atoms in total. The Labute approximate surface area is 97.3 Å². The number of hydrogen-bond donors (Lipinski definition) is 1. The van der Waals surface area contributed by atoms with Crippen molar-refractivity contribution in [3.63, 3.8) is 0 Å². The molecule has 1 N–H and O–H groups in total. The molecule has 0 aromatic carbocycles. The highest BCUT2D eigenvalue weighted by molar-refractivity contribution is 4.93. The van der Waals surface area contributed by atoms with E-state index >= 15 is 0 Å². The summed E-state index contributed by atoms with van der Waals surface area (Å²) in [5.41, 5.74) is 0. The van der Waals surface area contributed by atoms with Gasteiger partial charge in [-0.05, 0) is 21.1 Å². The number of rotatable bonds is 3. The summed E-state index contributed by atoms with van der Waals surface area (Å²) in [5, 5.41) is 3.62. The molecular weight excluding hydrogens is 186 g/mol. The topological polar surface area (TPSA) is 18.5 Å². The van der Waals surface area contributed by atoms with E-state index in [0.717, 1.165) is 0 Å². The molecule has 0 bridgehead atoms. The van der Waals surface area contributed by atoms with E-state index in [9.17, 15) is 0 Å². The second kappa shape index (κ2) is 7.20. The molecule has 1 saturated heterocycles. The molecule has 1 fully saturated rings. The lowest BCUT2D eigenvalue weighted by molar-refractivity contribution is 0.255. The monoisotopic (exact) mass is 217 g/mol. The van der Waals surface area contributed by atoms with E-state index in [1.54, 1.807) is 0 Å². The standard InChI is InChI=1S/C10H23N3.C2H6.H2/c1-8(2)11-9-6-13(5)7-10(9)12(3)4;1-2;/h8-11H,6-7H2,1-5H3;1-2H3;1H/t9-,10+;;/m0../s1. The van der Waals surface area contributed by atoms with E-state index in [1.807, 2.05) is 13.8 Å². The van der Waals surface area contributed by atoms with Crippen LogP contribution in [-0.4, -0.2) is 62.2 Å². The van der Waals surface area contributed by atoms with Crippen molar-refractivity contribution < 1.29 is 1.43 Å². The van der Waals surface area contributed by atoms with Crippen LogP contribution in [0.15, 0.2) is 0 Å². The zero-order valence-electron chi connectivity index (χ0n) is 11.5. The van der Waals surface area contributed by atoms with E-state index in [0.29, 0.717) is 18.1 Å². The third-order valence-corrected chi connectivity index (χ3v) is 2.68. The minimum atomic E-state index is 0. The molecule has 15 heavy (non-hydrogen) atoms. The van der Waals surface area contributed by atoms with Crippen molar-refractivity contribution in [2.75, 3.05) is 34.2 Å². The lowest BCUT2D eigenvalue weighted by Gasteiger charge is -2.27. The minimum Gasteiger partial charge on any atom is -0.309 e. The van der Waals surface area contributed by atoms with Gasteiger partial charge in [0.15, 0.2) is 0 Å². The molecule has 1 rings (SSSR count). The van der Waals surface area contributed by atoms with Crippen LogP contribution < -0.4 is 5.32 Å². The zero-order valence-corrected chi connectivity index (χ0v) is 11.5. The molecule has 0 aliphatic carbocycles. The molecule has 0 radical (unpaired) electrons. The molecular formula is C12H31N3. The number of nitrogens with one attached hydrogen (secondary N) is 1. The number of likely N-dealkylation sites (N-methyl/N-ethyl adjacent to an activating group) is 2. The Kier molecular flexibility index (Phi) is 7.14. The highest BCUT2D eigenvalue weighted by Gasteiger charge is 2.32. The molecule has 0 aromatic rings. The van der Waals surface area contributed by atoms with Gasteiger partial charge in [-0.15, -0.1) is 0 Å². The zero-order chi connectivity index (χ0) is 12.0. The summed E-state index contributed by atoms with van der Waals surface area (Å²) in [7, 11) is 6.52. The average molecular weight is 217 g/mol. The van der Waals surface area contributed by atoms with Crippen molar-refractivity contribution >= 4 is 0 Å². The quantitative estimate of drug-likeness (QED) is 0.773. The maximum atomic E-state index is 3.62. The van der Waals surface area contributed by atoms with E-state index in [-0.39, 0.29) is 1.43 Å². The Bertz CT molecular complexity index is 162. The average Bonchev–Trinajstić information content (AvgIpc) is 2.49. The first kappa shape index (κ1) is 14.9. The predicted molar refractivity (Wildman–Crippen MR) is 70.5 cm³/mol. The number of likely N-dealkylation sites (tertiary alicyclic amines) is 1. The molecule has 1 aliphatic heterocycles. The van der Waals surface area contributed by atoms with Gasteiger partial charge < -0.3 is 15.1 Å². The van der Waals surface area contributed by atoms with Crippen molar-refractivity contribution in [1.29, 1.82) is 0 Å². The molecule has 2 atom stereocenters. The molecule has 1 aliphatic rings. The van der Waals surface area contributed by atoms with Gasteiger partial charge in [-0.25, -0.2) is 0 Å². The van der Waals surface area contributed by atoms with Crippen molar-refractivity contribution in [2.45, 2.75) is 45.8 Å². The molecule has 0 amide bonds. The van der Waals surface area contributed by atoms with Crippen molar-refractivity contribution in [1.82, 2.24) is 15.1 Å². The SMILES string of the molecule is CC.CC(C)N[C@H]1CN(C)C[C@H]1N(C)C.[HH]. The van der Waals surface area contributed by atoms with Gasteiger partial charge in [-0.2, -0.15) is 0 Å². The summed E-state index contributed by atoms with van der Waals surface area (Å²) in [5.74, 6) is 0. The highest BCUT2D eigenvalue weighted by Crippen LogP contribution is 2.12. The Hall–Kier alpha value is -0.120.